The van der Waals surface area contributed by atoms with Crippen LogP contribution in [0.4, 0.5) is 0 Å². The van der Waals surface area contributed by atoms with Gasteiger partial charge in [0.1, 0.15) is 5.03 Å². The highest BCUT2D eigenvalue weighted by atomic mass is 79.9. The van der Waals surface area contributed by atoms with Crippen molar-refractivity contribution in [2.45, 2.75) is 22.8 Å². The first-order valence-electron chi connectivity index (χ1n) is 6.18. The van der Waals surface area contributed by atoms with E-state index in [1.54, 1.807) is 18.0 Å². The third kappa shape index (κ3) is 4.55. The average molecular weight is 349 g/mol. The standard InChI is InChI=1S/C15H13BrN2OS/c16-12-5-3-6-13(11-12)20-15-14(7-4-9-18-15)19-10-2-1-8-17/h3-7,9,11H,1-2,10H2. The number of nitriles is 1. The monoisotopic (exact) mass is 348 g/mol. The van der Waals surface area contributed by atoms with Gasteiger partial charge in [-0.25, -0.2) is 4.98 Å². The van der Waals surface area contributed by atoms with E-state index < -0.39 is 0 Å². The summed E-state index contributed by atoms with van der Waals surface area (Å²) in [6.45, 7) is 0.533. The van der Waals surface area contributed by atoms with Crippen LogP contribution in [0, 0.1) is 11.3 Å². The summed E-state index contributed by atoms with van der Waals surface area (Å²) in [6.07, 6.45) is 2.99. The first kappa shape index (κ1) is 14.9. The van der Waals surface area contributed by atoms with Crippen LogP contribution in [0.1, 0.15) is 12.8 Å². The molecule has 0 amide bonds. The van der Waals surface area contributed by atoms with E-state index in [-0.39, 0.29) is 0 Å². The lowest BCUT2D eigenvalue weighted by atomic mass is 10.3. The SMILES string of the molecule is N#CCCCOc1cccnc1Sc1cccc(Br)c1. The predicted molar refractivity (Wildman–Crippen MR) is 82.8 cm³/mol. The van der Waals surface area contributed by atoms with Crippen LogP contribution >= 0.6 is 27.7 Å². The molecule has 5 heteroatoms. The molecule has 3 nitrogen and oxygen atoms in total. The number of pyridine rings is 1. The summed E-state index contributed by atoms with van der Waals surface area (Å²) >= 11 is 5.02. The number of unbranched alkanes of at least 4 members (excludes halogenated alkanes) is 1. The molecule has 0 aliphatic heterocycles. The molecule has 0 unspecified atom stereocenters. The molecule has 0 radical (unpaired) electrons. The van der Waals surface area contributed by atoms with E-state index in [1.807, 2.05) is 36.4 Å². The van der Waals surface area contributed by atoms with Gasteiger partial charge in [-0.15, -0.1) is 0 Å². The van der Waals surface area contributed by atoms with E-state index in [1.165, 1.54) is 0 Å². The normalized spacial score (nSPS) is 10.0. The van der Waals surface area contributed by atoms with Crippen LogP contribution in [-0.2, 0) is 0 Å². The van der Waals surface area contributed by atoms with Crippen LogP contribution in [-0.4, -0.2) is 11.6 Å². The molecule has 2 aromatic rings. The number of ether oxygens (including phenoxy) is 1. The van der Waals surface area contributed by atoms with E-state index in [2.05, 4.69) is 27.0 Å². The van der Waals surface area contributed by atoms with Crippen molar-refractivity contribution in [2.75, 3.05) is 6.61 Å². The van der Waals surface area contributed by atoms with Gasteiger partial charge in [0, 0.05) is 22.0 Å². The zero-order valence-corrected chi connectivity index (χ0v) is 13.2. The van der Waals surface area contributed by atoms with Crippen LogP contribution in [0.3, 0.4) is 0 Å². The Kier molecular flexibility index (Phi) is 5.90. The molecular formula is C15H13BrN2OS. The molecule has 0 N–H and O–H groups in total. The quantitative estimate of drug-likeness (QED) is 0.711. The number of nitrogens with zero attached hydrogens (tertiary/aromatic N) is 2. The highest BCUT2D eigenvalue weighted by Crippen LogP contribution is 2.33. The Labute approximate surface area is 131 Å². The van der Waals surface area contributed by atoms with Gasteiger partial charge < -0.3 is 4.74 Å². The third-order valence-corrected chi connectivity index (χ3v) is 3.92. The van der Waals surface area contributed by atoms with Crippen LogP contribution in [0.2, 0.25) is 0 Å². The van der Waals surface area contributed by atoms with Crippen molar-refractivity contribution in [1.82, 2.24) is 4.98 Å². The van der Waals surface area contributed by atoms with Crippen molar-refractivity contribution < 1.29 is 4.74 Å². The Balaban J connectivity index is 2.06. The number of aromatic nitrogens is 1. The molecule has 0 bridgehead atoms. The summed E-state index contributed by atoms with van der Waals surface area (Å²) in [5.74, 6) is 0.760. The van der Waals surface area contributed by atoms with Crippen LogP contribution in [0.25, 0.3) is 0 Å². The Hall–Kier alpha value is -1.51. The maximum atomic E-state index is 8.51. The van der Waals surface area contributed by atoms with Crippen molar-refractivity contribution in [3.8, 4) is 11.8 Å². The second-order valence-electron chi connectivity index (χ2n) is 3.98. The van der Waals surface area contributed by atoms with Gasteiger partial charge in [-0.1, -0.05) is 33.8 Å². The number of rotatable bonds is 6. The molecule has 1 aromatic heterocycles. The molecule has 20 heavy (non-hydrogen) atoms. The fourth-order valence-electron chi connectivity index (χ4n) is 1.54. The highest BCUT2D eigenvalue weighted by Gasteiger charge is 2.07. The summed E-state index contributed by atoms with van der Waals surface area (Å²) in [7, 11) is 0. The molecule has 1 aromatic carbocycles. The molecule has 0 saturated carbocycles. The van der Waals surface area contributed by atoms with Crippen molar-refractivity contribution in [1.29, 1.82) is 5.26 Å². The number of hydrogen-bond donors (Lipinski definition) is 0. The summed E-state index contributed by atoms with van der Waals surface area (Å²) in [5, 5.41) is 9.35. The van der Waals surface area contributed by atoms with E-state index in [9.17, 15) is 0 Å². The lowest BCUT2D eigenvalue weighted by Gasteiger charge is -2.09. The largest absolute Gasteiger partial charge is 0.491 e. The summed E-state index contributed by atoms with van der Waals surface area (Å²) in [4.78, 5) is 5.46. The molecule has 0 spiro atoms. The smallest absolute Gasteiger partial charge is 0.151 e. The van der Waals surface area contributed by atoms with Crippen LogP contribution in [0.15, 0.2) is 57.0 Å². The minimum Gasteiger partial charge on any atom is -0.491 e. The lowest BCUT2D eigenvalue weighted by molar-refractivity contribution is 0.303. The zero-order valence-electron chi connectivity index (χ0n) is 10.8. The van der Waals surface area contributed by atoms with Gasteiger partial charge in [0.2, 0.25) is 0 Å². The van der Waals surface area contributed by atoms with Crippen molar-refractivity contribution in [3.05, 3.63) is 47.1 Å². The average Bonchev–Trinajstić information content (AvgIpc) is 2.45. The Morgan fingerprint density at radius 1 is 1.30 bits per heavy atom. The number of benzene rings is 1. The molecule has 2 rings (SSSR count). The third-order valence-electron chi connectivity index (χ3n) is 2.44. The molecule has 0 atom stereocenters. The summed E-state index contributed by atoms with van der Waals surface area (Å²) in [6, 6.07) is 13.9. The van der Waals surface area contributed by atoms with Gasteiger partial charge in [-0.05, 0) is 36.8 Å². The van der Waals surface area contributed by atoms with E-state index >= 15 is 0 Å². The fraction of sp³-hybridized carbons (Fsp3) is 0.200. The first-order valence-corrected chi connectivity index (χ1v) is 7.79. The molecule has 1 heterocycles. The maximum absolute atomic E-state index is 8.51. The van der Waals surface area contributed by atoms with E-state index in [0.717, 1.165) is 26.6 Å². The van der Waals surface area contributed by atoms with Crippen LogP contribution in [0.5, 0.6) is 5.75 Å². The van der Waals surface area contributed by atoms with Gasteiger partial charge in [-0.3, -0.25) is 0 Å². The Bertz CT molecular complexity index is 613. The van der Waals surface area contributed by atoms with Gasteiger partial charge >= 0.3 is 0 Å². The Morgan fingerprint density at radius 3 is 3.00 bits per heavy atom. The van der Waals surface area contributed by atoms with Gasteiger partial charge in [0.15, 0.2) is 5.75 Å². The first-order chi connectivity index (χ1) is 9.79. The minimum absolute atomic E-state index is 0.508. The second-order valence-corrected chi connectivity index (χ2v) is 5.95. The number of halogens is 1. The van der Waals surface area contributed by atoms with Gasteiger partial charge in [0.25, 0.3) is 0 Å². The van der Waals surface area contributed by atoms with Crippen molar-refractivity contribution in [3.63, 3.8) is 0 Å². The van der Waals surface area contributed by atoms with Gasteiger partial charge in [-0.2, -0.15) is 5.26 Å². The summed E-state index contributed by atoms with van der Waals surface area (Å²) < 4.78 is 6.73. The highest BCUT2D eigenvalue weighted by molar-refractivity contribution is 9.10. The topological polar surface area (TPSA) is 45.9 Å². The number of hydrogen-bond acceptors (Lipinski definition) is 4. The molecule has 0 fully saturated rings. The second kappa shape index (κ2) is 7.93. The van der Waals surface area contributed by atoms with E-state index in [4.69, 9.17) is 10.00 Å². The maximum Gasteiger partial charge on any atom is 0.151 e. The molecule has 102 valence electrons. The summed E-state index contributed by atoms with van der Waals surface area (Å²) in [5.41, 5.74) is 0. The van der Waals surface area contributed by atoms with Crippen molar-refractivity contribution in [2.24, 2.45) is 0 Å². The Morgan fingerprint density at radius 2 is 2.20 bits per heavy atom. The molecule has 0 aliphatic carbocycles. The molecule has 0 saturated heterocycles. The minimum atomic E-state index is 0.508. The fourth-order valence-corrected chi connectivity index (χ4v) is 2.99. The van der Waals surface area contributed by atoms with Gasteiger partial charge in [0.05, 0.1) is 12.7 Å². The molecule has 0 aliphatic rings. The van der Waals surface area contributed by atoms with Crippen LogP contribution < -0.4 is 4.74 Å². The van der Waals surface area contributed by atoms with E-state index in [0.29, 0.717) is 13.0 Å². The lowest BCUT2D eigenvalue weighted by Crippen LogP contribution is -1.98. The van der Waals surface area contributed by atoms with Crippen molar-refractivity contribution >= 4 is 27.7 Å². The zero-order chi connectivity index (χ0) is 14.2. The molecular weight excluding hydrogens is 336 g/mol. The predicted octanol–water partition coefficient (Wildman–Crippen LogP) is 4.68.